The van der Waals surface area contributed by atoms with Crippen molar-refractivity contribution in [1.82, 2.24) is 0 Å². The van der Waals surface area contributed by atoms with Crippen molar-refractivity contribution in [3.8, 4) is 11.1 Å². The Bertz CT molecular complexity index is 779. The van der Waals surface area contributed by atoms with Crippen LogP contribution < -0.4 is 5.32 Å². The van der Waals surface area contributed by atoms with Crippen molar-refractivity contribution in [1.29, 1.82) is 0 Å². The predicted octanol–water partition coefficient (Wildman–Crippen LogP) is 5.25. The summed E-state index contributed by atoms with van der Waals surface area (Å²) in [5, 5.41) is 5.12. The van der Waals surface area contributed by atoms with E-state index >= 15 is 0 Å². The van der Waals surface area contributed by atoms with Crippen LogP contribution in [0, 0.1) is 11.7 Å². The van der Waals surface area contributed by atoms with Gasteiger partial charge in [0.2, 0.25) is 5.91 Å². The largest absolute Gasteiger partial charge is 0.465 e. The second-order valence-electron chi connectivity index (χ2n) is 6.59. The number of ether oxygens (including phenoxy) is 1. The molecule has 0 saturated heterocycles. The van der Waals surface area contributed by atoms with E-state index in [9.17, 15) is 14.0 Å². The summed E-state index contributed by atoms with van der Waals surface area (Å²) in [5.41, 5.74) is 1.65. The van der Waals surface area contributed by atoms with Crippen molar-refractivity contribution < 1.29 is 18.7 Å². The van der Waals surface area contributed by atoms with E-state index in [1.54, 1.807) is 17.5 Å². The summed E-state index contributed by atoms with van der Waals surface area (Å²) in [6.07, 6.45) is 6.25. The number of halogens is 1. The molecule has 4 nitrogen and oxygen atoms in total. The Morgan fingerprint density at radius 1 is 1.23 bits per heavy atom. The molecule has 0 aliphatic heterocycles. The van der Waals surface area contributed by atoms with Crippen LogP contribution in [0.5, 0.6) is 0 Å². The third-order valence-corrected chi connectivity index (χ3v) is 5.74. The summed E-state index contributed by atoms with van der Waals surface area (Å²) < 4.78 is 18.1. The zero-order valence-electron chi connectivity index (χ0n) is 14.7. The van der Waals surface area contributed by atoms with Gasteiger partial charge < -0.3 is 10.1 Å². The van der Waals surface area contributed by atoms with Gasteiger partial charge in [0.15, 0.2) is 0 Å². The molecular weight excluding hydrogens is 353 g/mol. The summed E-state index contributed by atoms with van der Waals surface area (Å²) >= 11 is 1.28. The molecule has 3 rings (SSSR count). The third-order valence-electron chi connectivity index (χ3n) is 4.84. The molecule has 138 valence electrons. The van der Waals surface area contributed by atoms with Crippen LogP contribution >= 0.6 is 11.3 Å². The highest BCUT2D eigenvalue weighted by atomic mass is 32.1. The Hall–Kier alpha value is -2.21. The van der Waals surface area contributed by atoms with Gasteiger partial charge in [-0.25, -0.2) is 9.18 Å². The quantitative estimate of drug-likeness (QED) is 0.702. The van der Waals surface area contributed by atoms with E-state index < -0.39 is 5.97 Å². The van der Waals surface area contributed by atoms with E-state index in [1.165, 1.54) is 56.3 Å². The highest BCUT2D eigenvalue weighted by Crippen LogP contribution is 2.36. The van der Waals surface area contributed by atoms with Crippen LogP contribution in [0.15, 0.2) is 29.6 Å². The topological polar surface area (TPSA) is 55.4 Å². The molecule has 1 aliphatic rings. The maximum absolute atomic E-state index is 13.2. The van der Waals surface area contributed by atoms with E-state index in [2.05, 4.69) is 5.32 Å². The number of amides is 1. The Labute approximate surface area is 156 Å². The molecule has 0 bridgehead atoms. The number of rotatable bonds is 6. The van der Waals surface area contributed by atoms with Gasteiger partial charge in [0.25, 0.3) is 0 Å². The van der Waals surface area contributed by atoms with Crippen LogP contribution in [0.1, 0.15) is 48.9 Å². The molecular formula is C20H22FNO3S. The van der Waals surface area contributed by atoms with Gasteiger partial charge in [0.1, 0.15) is 16.4 Å². The smallest absolute Gasteiger partial charge is 0.341 e. The highest BCUT2D eigenvalue weighted by molar-refractivity contribution is 7.15. The van der Waals surface area contributed by atoms with Crippen molar-refractivity contribution in [2.45, 2.75) is 38.5 Å². The van der Waals surface area contributed by atoms with E-state index in [0.717, 1.165) is 6.42 Å². The number of hydrogen-bond acceptors (Lipinski definition) is 4. The average molecular weight is 375 g/mol. The SMILES string of the molecule is COC(=O)c1c(-c2ccc(F)cc2)csc1NC(=O)CCC1CCCC1. The number of thiophene rings is 1. The molecule has 1 saturated carbocycles. The first-order chi connectivity index (χ1) is 12.6. The summed E-state index contributed by atoms with van der Waals surface area (Å²) in [6.45, 7) is 0. The van der Waals surface area contributed by atoms with Gasteiger partial charge in [-0.2, -0.15) is 0 Å². The van der Waals surface area contributed by atoms with Crippen molar-refractivity contribution in [2.24, 2.45) is 5.92 Å². The minimum Gasteiger partial charge on any atom is -0.465 e. The zero-order valence-corrected chi connectivity index (χ0v) is 15.5. The van der Waals surface area contributed by atoms with Crippen molar-refractivity contribution >= 4 is 28.2 Å². The fraction of sp³-hybridized carbons (Fsp3) is 0.400. The fourth-order valence-electron chi connectivity index (χ4n) is 3.42. The van der Waals surface area contributed by atoms with Crippen LogP contribution in [-0.4, -0.2) is 19.0 Å². The maximum Gasteiger partial charge on any atom is 0.341 e. The molecule has 0 radical (unpaired) electrons. The molecule has 1 N–H and O–H groups in total. The minimum absolute atomic E-state index is 0.0884. The Balaban J connectivity index is 1.77. The Morgan fingerprint density at radius 2 is 1.92 bits per heavy atom. The van der Waals surface area contributed by atoms with Gasteiger partial charge in [-0.15, -0.1) is 11.3 Å². The van der Waals surface area contributed by atoms with Crippen LogP contribution in [0.25, 0.3) is 11.1 Å². The molecule has 6 heteroatoms. The zero-order chi connectivity index (χ0) is 18.5. The van der Waals surface area contributed by atoms with Crippen LogP contribution in [0.2, 0.25) is 0 Å². The van der Waals surface area contributed by atoms with Gasteiger partial charge in [-0.05, 0) is 30.0 Å². The summed E-state index contributed by atoms with van der Waals surface area (Å²) in [4.78, 5) is 24.6. The molecule has 1 aliphatic carbocycles. The molecule has 1 aromatic heterocycles. The third kappa shape index (κ3) is 4.30. The molecule has 1 fully saturated rings. The number of hydrogen-bond donors (Lipinski definition) is 1. The Morgan fingerprint density at radius 3 is 2.58 bits per heavy atom. The monoisotopic (exact) mass is 375 g/mol. The van der Waals surface area contributed by atoms with Crippen molar-refractivity contribution in [3.63, 3.8) is 0 Å². The lowest BCUT2D eigenvalue weighted by Crippen LogP contribution is -2.14. The second kappa shape index (κ2) is 8.45. The van der Waals surface area contributed by atoms with Gasteiger partial charge in [-0.1, -0.05) is 37.8 Å². The normalized spacial score (nSPS) is 14.4. The lowest BCUT2D eigenvalue weighted by atomic mass is 10.0. The van der Waals surface area contributed by atoms with Crippen LogP contribution in [0.3, 0.4) is 0 Å². The predicted molar refractivity (Wildman–Crippen MR) is 101 cm³/mol. The summed E-state index contributed by atoms with van der Waals surface area (Å²) in [6, 6.07) is 5.90. The number of carbonyl (C=O) groups excluding carboxylic acids is 2. The first kappa shape index (κ1) is 18.6. The van der Waals surface area contributed by atoms with Gasteiger partial charge >= 0.3 is 5.97 Å². The standard InChI is InChI=1S/C20H22FNO3S/c1-25-20(24)18-16(14-7-9-15(21)10-8-14)12-26-19(18)22-17(23)11-6-13-4-2-3-5-13/h7-10,12-13H,2-6,11H2,1H3,(H,22,23). The maximum atomic E-state index is 13.2. The number of carbonyl (C=O) groups is 2. The molecule has 1 heterocycles. The van der Waals surface area contributed by atoms with Gasteiger partial charge in [0.05, 0.1) is 7.11 Å². The molecule has 1 aromatic carbocycles. The van der Waals surface area contributed by atoms with Crippen LogP contribution in [-0.2, 0) is 9.53 Å². The Kier molecular flexibility index (Phi) is 6.04. The second-order valence-corrected chi connectivity index (χ2v) is 7.47. The van der Waals surface area contributed by atoms with Crippen LogP contribution in [0.4, 0.5) is 9.39 Å². The average Bonchev–Trinajstić information content (AvgIpc) is 3.30. The lowest BCUT2D eigenvalue weighted by Gasteiger charge is -2.10. The minimum atomic E-state index is -0.517. The molecule has 0 atom stereocenters. The first-order valence-corrected chi connectivity index (χ1v) is 9.72. The molecule has 2 aromatic rings. The number of methoxy groups -OCH3 is 1. The molecule has 0 unspecified atom stereocenters. The van der Waals surface area contributed by atoms with Gasteiger partial charge in [-0.3, -0.25) is 4.79 Å². The number of benzene rings is 1. The molecule has 1 amide bonds. The molecule has 26 heavy (non-hydrogen) atoms. The van der Waals surface area contributed by atoms with Gasteiger partial charge in [0, 0.05) is 17.4 Å². The fourth-order valence-corrected chi connectivity index (χ4v) is 4.39. The number of anilines is 1. The van der Waals surface area contributed by atoms with E-state index in [0.29, 0.717) is 34.0 Å². The summed E-state index contributed by atoms with van der Waals surface area (Å²) in [7, 11) is 1.31. The number of nitrogens with one attached hydrogen (secondary N) is 1. The number of esters is 1. The van der Waals surface area contributed by atoms with E-state index in [1.807, 2.05) is 0 Å². The van der Waals surface area contributed by atoms with Crippen molar-refractivity contribution in [3.05, 3.63) is 41.0 Å². The first-order valence-electron chi connectivity index (χ1n) is 8.84. The van der Waals surface area contributed by atoms with E-state index in [-0.39, 0.29) is 11.7 Å². The van der Waals surface area contributed by atoms with Crippen molar-refractivity contribution in [2.75, 3.05) is 12.4 Å². The summed E-state index contributed by atoms with van der Waals surface area (Å²) in [5.74, 6) is -0.311. The highest BCUT2D eigenvalue weighted by Gasteiger charge is 2.23. The molecule has 0 spiro atoms. The lowest BCUT2D eigenvalue weighted by molar-refractivity contribution is -0.116. The van der Waals surface area contributed by atoms with E-state index in [4.69, 9.17) is 4.74 Å².